The van der Waals surface area contributed by atoms with Gasteiger partial charge in [-0.1, -0.05) is 55.1 Å². The van der Waals surface area contributed by atoms with Crippen LogP contribution in [0.1, 0.15) is 22.5 Å². The minimum atomic E-state index is -4.38. The second-order valence-electron chi connectivity index (χ2n) is 6.80. The molecule has 0 radical (unpaired) electrons. The summed E-state index contributed by atoms with van der Waals surface area (Å²) in [6, 6.07) is 18.1. The lowest BCUT2D eigenvalue weighted by Crippen LogP contribution is -2.04. The number of rotatable bonds is 4. The first-order chi connectivity index (χ1) is 14.3. The van der Waals surface area contributed by atoms with Crippen LogP contribution in [0.4, 0.5) is 13.2 Å². The number of aromatic nitrogens is 2. The summed E-state index contributed by atoms with van der Waals surface area (Å²) in [7, 11) is 0. The molecule has 0 aliphatic heterocycles. The zero-order chi connectivity index (χ0) is 21.3. The molecule has 1 aromatic heterocycles. The van der Waals surface area contributed by atoms with E-state index in [9.17, 15) is 18.3 Å². The zero-order valence-electron chi connectivity index (χ0n) is 15.7. The van der Waals surface area contributed by atoms with E-state index in [0.717, 1.165) is 34.3 Å². The van der Waals surface area contributed by atoms with Gasteiger partial charge in [-0.3, -0.25) is 0 Å². The summed E-state index contributed by atoms with van der Waals surface area (Å²) in [5.74, 6) is 0.513. The molecule has 0 atom stereocenters. The average Bonchev–Trinajstić information content (AvgIpc) is 3.14. The molecule has 0 spiro atoms. The highest BCUT2D eigenvalue weighted by atomic mass is 19.4. The summed E-state index contributed by atoms with van der Waals surface area (Å²) in [5.41, 5.74) is 3.59. The molecule has 0 unspecified atom stereocenters. The van der Waals surface area contributed by atoms with Gasteiger partial charge in [-0.05, 0) is 47.0 Å². The Morgan fingerprint density at radius 3 is 2.53 bits per heavy atom. The highest BCUT2D eigenvalue weighted by Gasteiger charge is 2.30. The maximum atomic E-state index is 12.9. The van der Waals surface area contributed by atoms with Gasteiger partial charge in [-0.25, -0.2) is 4.98 Å². The topological polar surface area (TPSA) is 48.9 Å². The molecule has 0 saturated heterocycles. The monoisotopic (exact) mass is 406 g/mol. The number of halogens is 3. The van der Waals surface area contributed by atoms with Crippen molar-refractivity contribution in [3.63, 3.8) is 0 Å². The van der Waals surface area contributed by atoms with Gasteiger partial charge in [-0.15, -0.1) is 0 Å². The highest BCUT2D eigenvalue weighted by Crippen LogP contribution is 2.31. The molecule has 3 nitrogen and oxygen atoms in total. The van der Waals surface area contributed by atoms with Gasteiger partial charge in [-0.2, -0.15) is 13.2 Å². The minimum Gasteiger partial charge on any atom is -0.508 e. The van der Waals surface area contributed by atoms with Crippen molar-refractivity contribution in [2.24, 2.45) is 0 Å². The Hall–Kier alpha value is -3.80. The number of fused-ring (bicyclic) bond motifs is 1. The zero-order valence-corrected chi connectivity index (χ0v) is 15.7. The Morgan fingerprint density at radius 2 is 1.77 bits per heavy atom. The van der Waals surface area contributed by atoms with E-state index in [4.69, 9.17) is 0 Å². The van der Waals surface area contributed by atoms with Crippen LogP contribution >= 0.6 is 0 Å². The smallest absolute Gasteiger partial charge is 0.416 e. The molecule has 30 heavy (non-hydrogen) atoms. The van der Waals surface area contributed by atoms with Crippen molar-refractivity contribution in [3.05, 3.63) is 95.8 Å². The third-order valence-corrected chi connectivity index (χ3v) is 4.70. The van der Waals surface area contributed by atoms with E-state index >= 15 is 0 Å². The number of hydrogen-bond donors (Lipinski definition) is 2. The number of aliphatic hydroxyl groups excluding tert-OH is 1. The molecule has 0 saturated carbocycles. The van der Waals surface area contributed by atoms with Crippen LogP contribution in [0.5, 0.6) is 0 Å². The Labute approximate surface area is 170 Å². The molecule has 0 bridgehead atoms. The number of hydrogen-bond acceptors (Lipinski definition) is 2. The Bertz CT molecular complexity index is 1270. The fourth-order valence-corrected chi connectivity index (χ4v) is 3.26. The Kier molecular flexibility index (Phi) is 4.91. The fraction of sp³-hybridized carbons (Fsp3) is 0.0417. The molecule has 0 amide bonds. The number of benzene rings is 3. The van der Waals surface area contributed by atoms with Crippen molar-refractivity contribution < 1.29 is 18.3 Å². The lowest BCUT2D eigenvalue weighted by Gasteiger charge is -2.08. The summed E-state index contributed by atoms with van der Waals surface area (Å²) >= 11 is 0. The van der Waals surface area contributed by atoms with Crippen molar-refractivity contribution >= 4 is 28.9 Å². The molecule has 3 aromatic carbocycles. The van der Waals surface area contributed by atoms with Gasteiger partial charge in [0, 0.05) is 5.56 Å². The number of aliphatic hydroxyl groups is 1. The summed E-state index contributed by atoms with van der Waals surface area (Å²) in [4.78, 5) is 7.62. The molecular weight excluding hydrogens is 389 g/mol. The summed E-state index contributed by atoms with van der Waals surface area (Å²) < 4.78 is 38.6. The molecule has 0 fully saturated rings. The third kappa shape index (κ3) is 3.98. The van der Waals surface area contributed by atoms with E-state index in [1.807, 2.05) is 36.4 Å². The molecule has 6 heteroatoms. The summed E-state index contributed by atoms with van der Waals surface area (Å²) in [5, 5.41) is 9.84. The number of aromatic amines is 1. The van der Waals surface area contributed by atoms with Crippen LogP contribution in [0.3, 0.4) is 0 Å². The van der Waals surface area contributed by atoms with Crippen molar-refractivity contribution in [2.45, 2.75) is 6.18 Å². The third-order valence-electron chi connectivity index (χ3n) is 4.70. The first-order valence-corrected chi connectivity index (χ1v) is 9.14. The van der Waals surface area contributed by atoms with Crippen LogP contribution < -0.4 is 0 Å². The van der Waals surface area contributed by atoms with Gasteiger partial charge in [0.25, 0.3) is 0 Å². The van der Waals surface area contributed by atoms with E-state index in [0.29, 0.717) is 17.0 Å². The molecule has 0 aliphatic carbocycles. The number of nitrogens with zero attached hydrogens (tertiary/aromatic N) is 1. The van der Waals surface area contributed by atoms with Gasteiger partial charge < -0.3 is 10.1 Å². The maximum absolute atomic E-state index is 12.9. The normalized spacial score (nSPS) is 12.0. The predicted molar refractivity (Wildman–Crippen MR) is 114 cm³/mol. The average molecular weight is 406 g/mol. The van der Waals surface area contributed by atoms with E-state index in [2.05, 4.69) is 16.5 Å². The van der Waals surface area contributed by atoms with Gasteiger partial charge >= 0.3 is 6.18 Å². The van der Waals surface area contributed by atoms with Crippen molar-refractivity contribution in [3.8, 4) is 11.1 Å². The Morgan fingerprint density at radius 1 is 0.967 bits per heavy atom. The minimum absolute atomic E-state index is 0.0139. The van der Waals surface area contributed by atoms with Gasteiger partial charge in [0.15, 0.2) is 0 Å². The number of nitrogens with one attached hydrogen (secondary N) is 1. The van der Waals surface area contributed by atoms with E-state index in [1.165, 1.54) is 6.07 Å². The van der Waals surface area contributed by atoms with Crippen LogP contribution in [0.25, 0.3) is 40.1 Å². The largest absolute Gasteiger partial charge is 0.508 e. The number of imidazole rings is 1. The van der Waals surface area contributed by atoms with Crippen LogP contribution in [0, 0.1) is 0 Å². The van der Waals surface area contributed by atoms with Crippen molar-refractivity contribution in [2.75, 3.05) is 0 Å². The fourth-order valence-electron chi connectivity index (χ4n) is 3.26. The molecular formula is C24H17F3N2O. The molecule has 150 valence electrons. The highest BCUT2D eigenvalue weighted by molar-refractivity contribution is 5.86. The Balaban J connectivity index is 1.66. The number of alkyl halides is 3. The summed E-state index contributed by atoms with van der Waals surface area (Å²) in [6.07, 6.45) is -1.16. The quantitative estimate of drug-likeness (QED) is 0.360. The second kappa shape index (κ2) is 7.55. The van der Waals surface area contributed by atoms with Crippen molar-refractivity contribution in [1.29, 1.82) is 0 Å². The standard InChI is InChI=1S/C24H17F3N2O/c1-15(30)19-7-2-3-8-20(19)17-10-11-21-22(14-17)29-23(28-21)12-9-16-5-4-6-18(13-16)24(25,26)27/h2-14,30H,1H2,(H,28,29)/b12-9+. The van der Waals surface area contributed by atoms with Crippen LogP contribution in [0.15, 0.2) is 73.3 Å². The van der Waals surface area contributed by atoms with E-state index in [-0.39, 0.29) is 5.76 Å². The van der Waals surface area contributed by atoms with Crippen molar-refractivity contribution in [1.82, 2.24) is 9.97 Å². The van der Waals surface area contributed by atoms with E-state index in [1.54, 1.807) is 24.3 Å². The molecule has 4 rings (SSSR count). The first-order valence-electron chi connectivity index (χ1n) is 9.14. The lowest BCUT2D eigenvalue weighted by atomic mass is 9.98. The van der Waals surface area contributed by atoms with E-state index < -0.39 is 11.7 Å². The summed E-state index contributed by atoms with van der Waals surface area (Å²) in [6.45, 7) is 3.61. The maximum Gasteiger partial charge on any atom is 0.416 e. The lowest BCUT2D eigenvalue weighted by molar-refractivity contribution is -0.137. The van der Waals surface area contributed by atoms with Gasteiger partial charge in [0.2, 0.25) is 0 Å². The van der Waals surface area contributed by atoms with Crippen LogP contribution in [-0.2, 0) is 6.18 Å². The van der Waals surface area contributed by atoms with Crippen LogP contribution in [-0.4, -0.2) is 15.1 Å². The van der Waals surface area contributed by atoms with Gasteiger partial charge in [0.05, 0.1) is 16.6 Å². The molecule has 2 N–H and O–H groups in total. The molecule has 1 heterocycles. The predicted octanol–water partition coefficient (Wildman–Crippen LogP) is 6.95. The second-order valence-corrected chi connectivity index (χ2v) is 6.80. The van der Waals surface area contributed by atoms with Gasteiger partial charge in [0.1, 0.15) is 11.6 Å². The SMILES string of the molecule is C=C(O)c1ccccc1-c1ccc2nc(/C=C/c3cccc(C(F)(F)F)c3)[nH]c2c1. The molecule has 0 aliphatic rings. The first kappa shape index (κ1) is 19.5. The van der Waals surface area contributed by atoms with Crippen LogP contribution in [0.2, 0.25) is 0 Å². The molecule has 4 aromatic rings. The number of H-pyrrole nitrogens is 1.